The maximum atomic E-state index is 13.3. The molecule has 0 bridgehead atoms. The number of hydrogen-bond donors (Lipinski definition) is 0. The maximum Gasteiger partial charge on any atom is 0.227 e. The molecule has 0 N–H and O–H groups in total. The monoisotopic (exact) mass is 461 g/mol. The number of likely N-dealkylation sites (tertiary alicyclic amines) is 1. The molecule has 0 aliphatic carbocycles. The third-order valence-electron chi connectivity index (χ3n) is 5.99. The summed E-state index contributed by atoms with van der Waals surface area (Å²) in [7, 11) is 1.67. The van der Waals surface area contributed by atoms with Gasteiger partial charge in [0.15, 0.2) is 0 Å². The van der Waals surface area contributed by atoms with Crippen LogP contribution in [0.15, 0.2) is 84.9 Å². The van der Waals surface area contributed by atoms with Gasteiger partial charge in [0.1, 0.15) is 5.75 Å². The Morgan fingerprint density at radius 1 is 0.879 bits per heavy atom. The van der Waals surface area contributed by atoms with E-state index < -0.39 is 0 Å². The number of benzene rings is 3. The second-order valence-corrected chi connectivity index (χ2v) is 9.43. The molecule has 0 saturated carbocycles. The van der Waals surface area contributed by atoms with Gasteiger partial charge in [-0.25, -0.2) is 0 Å². The van der Waals surface area contributed by atoms with Crippen LogP contribution < -0.4 is 4.74 Å². The van der Waals surface area contributed by atoms with Crippen LogP contribution in [0.3, 0.4) is 0 Å². The summed E-state index contributed by atoms with van der Waals surface area (Å²) in [4.78, 5) is 15.3. The molecule has 0 radical (unpaired) electrons. The Balaban J connectivity index is 1.35. The Labute approximate surface area is 200 Å². The van der Waals surface area contributed by atoms with Gasteiger partial charge in [-0.2, -0.15) is 11.8 Å². The van der Waals surface area contributed by atoms with Gasteiger partial charge in [0.25, 0.3) is 0 Å². The highest BCUT2D eigenvalue weighted by Crippen LogP contribution is 2.30. The second-order valence-electron chi connectivity index (χ2n) is 8.40. The zero-order valence-electron chi connectivity index (χ0n) is 19.1. The average molecular weight is 462 g/mol. The highest BCUT2D eigenvalue weighted by atomic mass is 32.2. The largest absolute Gasteiger partial charge is 0.497 e. The standard InChI is InChI=1S/C28H31NO3S/c1-31-27-14-12-23(13-15-27)18-32-19-26-16-25(21-33-20-24-10-6-3-7-11-24)28(30)29(26)17-22-8-4-2-5-9-22/h2-15,25-26H,16-21H2,1H3. The molecular formula is C28H31NO3S. The van der Waals surface area contributed by atoms with Gasteiger partial charge in [0, 0.05) is 24.0 Å². The van der Waals surface area contributed by atoms with E-state index in [-0.39, 0.29) is 17.9 Å². The Morgan fingerprint density at radius 3 is 2.21 bits per heavy atom. The maximum absolute atomic E-state index is 13.3. The van der Waals surface area contributed by atoms with E-state index in [2.05, 4.69) is 36.4 Å². The molecule has 1 heterocycles. The molecule has 172 valence electrons. The Bertz CT molecular complexity index is 995. The van der Waals surface area contributed by atoms with Crippen molar-refractivity contribution in [3.63, 3.8) is 0 Å². The summed E-state index contributed by atoms with van der Waals surface area (Å²) in [5.41, 5.74) is 3.56. The van der Waals surface area contributed by atoms with Crippen LogP contribution in [0.1, 0.15) is 23.1 Å². The highest BCUT2D eigenvalue weighted by molar-refractivity contribution is 7.98. The van der Waals surface area contributed by atoms with Crippen molar-refractivity contribution in [1.82, 2.24) is 4.90 Å². The number of nitrogens with zero attached hydrogens (tertiary/aromatic N) is 1. The number of ether oxygens (including phenoxy) is 2. The van der Waals surface area contributed by atoms with Crippen LogP contribution >= 0.6 is 11.8 Å². The van der Waals surface area contributed by atoms with Crippen molar-refractivity contribution in [3.8, 4) is 5.75 Å². The first kappa shape index (κ1) is 23.4. The number of carbonyl (C=O) groups is 1. The predicted octanol–water partition coefficient (Wildman–Crippen LogP) is 5.56. The van der Waals surface area contributed by atoms with Crippen LogP contribution in [-0.2, 0) is 28.4 Å². The SMILES string of the molecule is COc1ccc(COCC2CC(CSCc3ccccc3)C(=O)N2Cc2ccccc2)cc1. The van der Waals surface area contributed by atoms with Crippen LogP contribution in [0.5, 0.6) is 5.75 Å². The Hall–Kier alpha value is -2.76. The lowest BCUT2D eigenvalue weighted by Gasteiger charge is -2.25. The van der Waals surface area contributed by atoms with Crippen LogP contribution in [0.2, 0.25) is 0 Å². The van der Waals surface area contributed by atoms with Gasteiger partial charge >= 0.3 is 0 Å². The van der Waals surface area contributed by atoms with E-state index in [1.165, 1.54) is 5.56 Å². The van der Waals surface area contributed by atoms with Crippen molar-refractivity contribution in [2.24, 2.45) is 5.92 Å². The van der Waals surface area contributed by atoms with Crippen LogP contribution in [0, 0.1) is 5.92 Å². The molecule has 1 aliphatic heterocycles. The van der Waals surface area contributed by atoms with Crippen molar-refractivity contribution < 1.29 is 14.3 Å². The van der Waals surface area contributed by atoms with E-state index in [4.69, 9.17) is 9.47 Å². The minimum atomic E-state index is 0.0389. The molecule has 3 aromatic rings. The number of rotatable bonds is 11. The predicted molar refractivity (Wildman–Crippen MR) is 134 cm³/mol. The van der Waals surface area contributed by atoms with Gasteiger partial charge < -0.3 is 14.4 Å². The molecule has 33 heavy (non-hydrogen) atoms. The smallest absolute Gasteiger partial charge is 0.227 e. The normalized spacial score (nSPS) is 18.0. The van der Waals surface area contributed by atoms with Crippen LogP contribution in [0.4, 0.5) is 0 Å². The third kappa shape index (κ3) is 6.62. The average Bonchev–Trinajstić information content (AvgIpc) is 3.15. The topological polar surface area (TPSA) is 38.8 Å². The molecular weight excluding hydrogens is 430 g/mol. The van der Waals surface area contributed by atoms with E-state index in [1.54, 1.807) is 7.11 Å². The van der Waals surface area contributed by atoms with E-state index in [0.717, 1.165) is 34.8 Å². The van der Waals surface area contributed by atoms with Gasteiger partial charge in [-0.15, -0.1) is 0 Å². The number of hydrogen-bond acceptors (Lipinski definition) is 4. The van der Waals surface area contributed by atoms with E-state index >= 15 is 0 Å². The molecule has 1 aliphatic rings. The molecule has 2 atom stereocenters. The van der Waals surface area contributed by atoms with E-state index in [9.17, 15) is 4.79 Å². The number of amides is 1. The summed E-state index contributed by atoms with van der Waals surface area (Å²) >= 11 is 1.84. The fourth-order valence-electron chi connectivity index (χ4n) is 4.18. The number of methoxy groups -OCH3 is 1. The molecule has 0 aromatic heterocycles. The zero-order chi connectivity index (χ0) is 22.9. The second kappa shape index (κ2) is 11.9. The minimum absolute atomic E-state index is 0.0389. The first-order valence-electron chi connectivity index (χ1n) is 11.4. The first-order chi connectivity index (χ1) is 16.2. The van der Waals surface area contributed by atoms with Gasteiger partial charge in [0.2, 0.25) is 5.91 Å². The Morgan fingerprint density at radius 2 is 1.55 bits per heavy atom. The molecule has 0 spiro atoms. The van der Waals surface area contributed by atoms with Crippen molar-refractivity contribution in [1.29, 1.82) is 0 Å². The van der Waals surface area contributed by atoms with Gasteiger partial charge in [0.05, 0.1) is 26.4 Å². The highest BCUT2D eigenvalue weighted by Gasteiger charge is 2.39. The summed E-state index contributed by atoms with van der Waals surface area (Å²) in [5, 5.41) is 0. The fourth-order valence-corrected chi connectivity index (χ4v) is 5.29. The lowest BCUT2D eigenvalue weighted by atomic mass is 10.1. The van der Waals surface area contributed by atoms with E-state index in [0.29, 0.717) is 19.8 Å². The molecule has 1 fully saturated rings. The summed E-state index contributed by atoms with van der Waals surface area (Å²) in [6, 6.07) is 28.7. The summed E-state index contributed by atoms with van der Waals surface area (Å²) in [5.74, 6) is 2.90. The zero-order valence-corrected chi connectivity index (χ0v) is 19.9. The van der Waals surface area contributed by atoms with Gasteiger partial charge in [-0.05, 0) is 35.2 Å². The fraction of sp³-hybridized carbons (Fsp3) is 0.321. The molecule has 2 unspecified atom stereocenters. The van der Waals surface area contributed by atoms with Crippen LogP contribution in [-0.4, -0.2) is 36.3 Å². The first-order valence-corrected chi connectivity index (χ1v) is 12.5. The summed E-state index contributed by atoms with van der Waals surface area (Å²) in [6.07, 6.45) is 0.843. The quantitative estimate of drug-likeness (QED) is 0.375. The number of carbonyl (C=O) groups excluding carboxylic acids is 1. The van der Waals surface area contributed by atoms with Crippen molar-refractivity contribution >= 4 is 17.7 Å². The molecule has 3 aromatic carbocycles. The van der Waals surface area contributed by atoms with Gasteiger partial charge in [-0.3, -0.25) is 4.79 Å². The lowest BCUT2D eigenvalue weighted by molar-refractivity contribution is -0.132. The summed E-state index contributed by atoms with van der Waals surface area (Å²) in [6.45, 7) is 1.71. The summed E-state index contributed by atoms with van der Waals surface area (Å²) < 4.78 is 11.3. The van der Waals surface area contributed by atoms with Crippen molar-refractivity contribution in [3.05, 3.63) is 102 Å². The molecule has 4 rings (SSSR count). The molecule has 1 amide bonds. The van der Waals surface area contributed by atoms with Crippen molar-refractivity contribution in [2.45, 2.75) is 31.4 Å². The minimum Gasteiger partial charge on any atom is -0.497 e. The van der Waals surface area contributed by atoms with Crippen LogP contribution in [0.25, 0.3) is 0 Å². The number of thioether (sulfide) groups is 1. The van der Waals surface area contributed by atoms with Gasteiger partial charge in [-0.1, -0.05) is 72.8 Å². The molecule has 1 saturated heterocycles. The molecule has 5 heteroatoms. The van der Waals surface area contributed by atoms with E-state index in [1.807, 2.05) is 65.2 Å². The van der Waals surface area contributed by atoms with Crippen molar-refractivity contribution in [2.75, 3.05) is 19.5 Å². The Kier molecular flexibility index (Phi) is 8.45. The molecule has 4 nitrogen and oxygen atoms in total. The lowest BCUT2D eigenvalue weighted by Crippen LogP contribution is -2.36. The third-order valence-corrected chi connectivity index (χ3v) is 7.17.